The van der Waals surface area contributed by atoms with Crippen molar-refractivity contribution in [1.29, 1.82) is 0 Å². The lowest BCUT2D eigenvalue weighted by Crippen LogP contribution is -2.24. The van der Waals surface area contributed by atoms with E-state index in [-0.39, 0.29) is 11.9 Å². The molecule has 0 saturated heterocycles. The molecule has 0 unspecified atom stereocenters. The Kier molecular flexibility index (Phi) is 4.68. The third-order valence-corrected chi connectivity index (χ3v) is 3.07. The third-order valence-electron chi connectivity index (χ3n) is 2.20. The van der Waals surface area contributed by atoms with Gasteiger partial charge >= 0.3 is 0 Å². The first kappa shape index (κ1) is 14.5. The summed E-state index contributed by atoms with van der Waals surface area (Å²) in [4.78, 5) is 15.5. The largest absolute Gasteiger partial charge is 0.348 e. The molecule has 1 aromatic rings. The van der Waals surface area contributed by atoms with Crippen LogP contribution in [0.2, 0.25) is 19.6 Å². The van der Waals surface area contributed by atoms with Crippen LogP contribution in [0.15, 0.2) is 18.2 Å². The number of hydrogen-bond acceptors (Lipinski definition) is 2. The van der Waals surface area contributed by atoms with Crippen molar-refractivity contribution in [1.82, 2.24) is 10.3 Å². The van der Waals surface area contributed by atoms with Gasteiger partial charge in [0.2, 0.25) is 5.91 Å². The Bertz CT molecular complexity index is 494. The highest BCUT2D eigenvalue weighted by Crippen LogP contribution is 2.09. The first-order chi connectivity index (χ1) is 8.28. The molecule has 1 aromatic heterocycles. The summed E-state index contributed by atoms with van der Waals surface area (Å²) in [5.74, 6) is 3.07. The van der Waals surface area contributed by atoms with Crippen LogP contribution in [0, 0.1) is 11.5 Å². The van der Waals surface area contributed by atoms with E-state index in [0.717, 1.165) is 11.4 Å². The fourth-order valence-electron chi connectivity index (χ4n) is 1.39. The van der Waals surface area contributed by atoms with Crippen LogP contribution < -0.4 is 5.32 Å². The number of pyridine rings is 1. The predicted octanol–water partition coefficient (Wildman–Crippen LogP) is 2.51. The second-order valence-electron chi connectivity index (χ2n) is 5.37. The maximum Gasteiger partial charge on any atom is 0.217 e. The number of amides is 1. The molecule has 0 aromatic carbocycles. The Labute approximate surface area is 110 Å². The molecule has 96 valence electrons. The van der Waals surface area contributed by atoms with E-state index >= 15 is 0 Å². The summed E-state index contributed by atoms with van der Waals surface area (Å²) < 4.78 is 0. The molecule has 0 radical (unpaired) electrons. The van der Waals surface area contributed by atoms with Crippen LogP contribution in [0.5, 0.6) is 0 Å². The monoisotopic (exact) mass is 260 g/mol. The third kappa shape index (κ3) is 5.15. The molecule has 0 spiro atoms. The topological polar surface area (TPSA) is 42.0 Å². The van der Waals surface area contributed by atoms with Crippen molar-refractivity contribution in [3.05, 3.63) is 29.6 Å². The molecule has 1 atom stereocenters. The molecule has 0 aliphatic rings. The molecule has 4 heteroatoms. The van der Waals surface area contributed by atoms with Crippen LogP contribution in [0.4, 0.5) is 0 Å². The minimum absolute atomic E-state index is 0.0529. The normalized spacial score (nSPS) is 12.3. The number of carbonyl (C=O) groups is 1. The fourth-order valence-corrected chi connectivity index (χ4v) is 1.90. The van der Waals surface area contributed by atoms with Crippen molar-refractivity contribution in [2.45, 2.75) is 39.5 Å². The molecular formula is C14H20N2OSi. The average Bonchev–Trinajstić information content (AvgIpc) is 2.25. The van der Waals surface area contributed by atoms with E-state index in [1.165, 1.54) is 6.92 Å². The predicted molar refractivity (Wildman–Crippen MR) is 76.7 cm³/mol. The van der Waals surface area contributed by atoms with Crippen molar-refractivity contribution < 1.29 is 4.79 Å². The number of nitrogens with zero attached hydrogens (tertiary/aromatic N) is 1. The number of hydrogen-bond donors (Lipinski definition) is 1. The lowest BCUT2D eigenvalue weighted by molar-refractivity contribution is -0.119. The van der Waals surface area contributed by atoms with Gasteiger partial charge in [-0.3, -0.25) is 4.79 Å². The van der Waals surface area contributed by atoms with Crippen LogP contribution in [-0.2, 0) is 4.79 Å². The molecule has 1 rings (SSSR count). The summed E-state index contributed by atoms with van der Waals surface area (Å²) in [7, 11) is -1.38. The number of carbonyl (C=O) groups excluding carboxylic acids is 1. The molecule has 1 amide bonds. The molecule has 0 aliphatic carbocycles. The second-order valence-corrected chi connectivity index (χ2v) is 10.1. The minimum atomic E-state index is -1.38. The van der Waals surface area contributed by atoms with Gasteiger partial charge in [-0.05, 0) is 19.1 Å². The molecule has 0 fully saturated rings. The maximum atomic E-state index is 11.0. The Balaban J connectivity index is 2.91. The van der Waals surface area contributed by atoms with Crippen LogP contribution >= 0.6 is 0 Å². The van der Waals surface area contributed by atoms with Gasteiger partial charge in [-0.2, -0.15) is 0 Å². The Morgan fingerprint density at radius 1 is 1.39 bits per heavy atom. The minimum Gasteiger partial charge on any atom is -0.348 e. The zero-order valence-corrected chi connectivity index (χ0v) is 12.7. The Morgan fingerprint density at radius 2 is 2.06 bits per heavy atom. The highest BCUT2D eigenvalue weighted by atomic mass is 28.3. The van der Waals surface area contributed by atoms with E-state index in [9.17, 15) is 4.79 Å². The summed E-state index contributed by atoms with van der Waals surface area (Å²) in [5.41, 5.74) is 4.89. The van der Waals surface area contributed by atoms with Gasteiger partial charge in [0.1, 0.15) is 13.8 Å². The number of nitrogens with one attached hydrogen (secondary N) is 1. The number of aromatic nitrogens is 1. The standard InChI is InChI=1S/C14H20N2OSi/c1-11(15-12(2)17)14-8-6-7-13(16-14)9-10-18(3,4)5/h6-8,11H,1-5H3,(H,15,17)/t11-/m1/s1. The summed E-state index contributed by atoms with van der Waals surface area (Å²) in [6.45, 7) is 10.0. The fraction of sp³-hybridized carbons (Fsp3) is 0.429. The van der Waals surface area contributed by atoms with Crippen LogP contribution in [0.3, 0.4) is 0 Å². The molecule has 1 heterocycles. The van der Waals surface area contributed by atoms with Crippen molar-refractivity contribution >= 4 is 14.0 Å². The summed E-state index contributed by atoms with van der Waals surface area (Å²) in [5, 5.41) is 2.82. The van der Waals surface area contributed by atoms with Gasteiger partial charge in [-0.15, -0.1) is 5.54 Å². The molecular weight excluding hydrogens is 240 g/mol. The Hall–Kier alpha value is -1.60. The summed E-state index contributed by atoms with van der Waals surface area (Å²) >= 11 is 0. The first-order valence-electron chi connectivity index (χ1n) is 6.05. The van der Waals surface area contributed by atoms with Gasteiger partial charge in [0, 0.05) is 6.92 Å². The van der Waals surface area contributed by atoms with Gasteiger partial charge < -0.3 is 5.32 Å². The van der Waals surface area contributed by atoms with Crippen molar-refractivity contribution in [3.8, 4) is 11.5 Å². The molecule has 18 heavy (non-hydrogen) atoms. The van der Waals surface area contributed by atoms with Gasteiger partial charge in [0.15, 0.2) is 0 Å². The quantitative estimate of drug-likeness (QED) is 0.656. The highest BCUT2D eigenvalue weighted by Gasteiger charge is 2.09. The van der Waals surface area contributed by atoms with E-state index in [0.29, 0.717) is 0 Å². The van der Waals surface area contributed by atoms with E-state index in [1.54, 1.807) is 0 Å². The lowest BCUT2D eigenvalue weighted by atomic mass is 10.2. The smallest absolute Gasteiger partial charge is 0.217 e. The molecule has 1 N–H and O–H groups in total. The van der Waals surface area contributed by atoms with Crippen LogP contribution in [0.1, 0.15) is 31.3 Å². The van der Waals surface area contributed by atoms with Gasteiger partial charge in [0.05, 0.1) is 11.7 Å². The summed E-state index contributed by atoms with van der Waals surface area (Å²) in [6, 6.07) is 5.64. The molecule has 3 nitrogen and oxygen atoms in total. The van der Waals surface area contributed by atoms with Crippen molar-refractivity contribution in [3.63, 3.8) is 0 Å². The molecule has 0 bridgehead atoms. The van der Waals surface area contributed by atoms with E-state index < -0.39 is 8.07 Å². The summed E-state index contributed by atoms with van der Waals surface area (Å²) in [6.07, 6.45) is 0. The zero-order chi connectivity index (χ0) is 13.8. The van der Waals surface area contributed by atoms with E-state index in [1.807, 2.05) is 25.1 Å². The highest BCUT2D eigenvalue weighted by molar-refractivity contribution is 6.83. The number of rotatable bonds is 2. The average molecular weight is 260 g/mol. The van der Waals surface area contributed by atoms with Gasteiger partial charge in [-0.1, -0.05) is 31.6 Å². The molecule has 0 saturated carbocycles. The van der Waals surface area contributed by atoms with Gasteiger partial charge in [-0.25, -0.2) is 4.98 Å². The second kappa shape index (κ2) is 5.83. The SMILES string of the molecule is CC(=O)N[C@H](C)c1cccc(C#C[Si](C)(C)C)n1. The van der Waals surface area contributed by atoms with E-state index in [2.05, 4.69) is 41.4 Å². The van der Waals surface area contributed by atoms with Crippen molar-refractivity contribution in [2.75, 3.05) is 0 Å². The van der Waals surface area contributed by atoms with Crippen molar-refractivity contribution in [2.24, 2.45) is 0 Å². The maximum absolute atomic E-state index is 11.0. The van der Waals surface area contributed by atoms with Crippen LogP contribution in [0.25, 0.3) is 0 Å². The lowest BCUT2D eigenvalue weighted by Gasteiger charge is -2.11. The van der Waals surface area contributed by atoms with E-state index in [4.69, 9.17) is 0 Å². The Morgan fingerprint density at radius 3 is 2.61 bits per heavy atom. The first-order valence-corrected chi connectivity index (χ1v) is 9.55. The van der Waals surface area contributed by atoms with Crippen LogP contribution in [-0.4, -0.2) is 19.0 Å². The molecule has 0 aliphatic heterocycles. The zero-order valence-electron chi connectivity index (χ0n) is 11.7. The van der Waals surface area contributed by atoms with Gasteiger partial charge in [0.25, 0.3) is 0 Å².